The maximum absolute atomic E-state index is 10.4. The van der Waals surface area contributed by atoms with Gasteiger partial charge in [-0.05, 0) is 104 Å². The van der Waals surface area contributed by atoms with E-state index in [9.17, 15) is 10.2 Å². The molecule has 0 aliphatic carbocycles. The minimum Gasteiger partial charge on any atom is -0.550 e. The molecule has 4 aromatic rings. The van der Waals surface area contributed by atoms with Crippen molar-refractivity contribution in [3.8, 4) is 11.5 Å². The Morgan fingerprint density at radius 2 is 1.04 bits per heavy atom. The van der Waals surface area contributed by atoms with Crippen LogP contribution in [0.1, 0.15) is 76.6 Å². The fourth-order valence-corrected chi connectivity index (χ4v) is 4.43. The number of hydrogen-bond donors (Lipinski definition) is 2. The van der Waals surface area contributed by atoms with Crippen molar-refractivity contribution in [3.63, 3.8) is 0 Å². The number of carboxylic acid groups (broad SMARTS) is 2. The van der Waals surface area contributed by atoms with Crippen LogP contribution in [0.15, 0.2) is 82.8 Å². The first-order chi connectivity index (χ1) is 21.8. The summed E-state index contributed by atoms with van der Waals surface area (Å²) in [5.41, 5.74) is 5.34. The molecule has 0 atom stereocenters. The monoisotopic (exact) mass is 683 g/mol. The molecule has 0 aliphatic rings. The van der Waals surface area contributed by atoms with E-state index < -0.39 is 11.9 Å². The molecule has 0 spiro atoms. The van der Waals surface area contributed by atoms with Crippen LogP contribution in [0, 0.1) is 11.8 Å². The van der Waals surface area contributed by atoms with Gasteiger partial charge in [-0.3, -0.25) is 9.98 Å². The maximum atomic E-state index is 10.4. The van der Waals surface area contributed by atoms with Crippen molar-refractivity contribution < 1.29 is 46.8 Å². The van der Waals surface area contributed by atoms with E-state index in [1.165, 1.54) is 11.1 Å². The third-order valence-electron chi connectivity index (χ3n) is 6.75. The zero-order chi connectivity index (χ0) is 34.2. The van der Waals surface area contributed by atoms with Gasteiger partial charge in [-0.2, -0.15) is 0 Å². The van der Waals surface area contributed by atoms with Crippen molar-refractivity contribution in [1.82, 2.24) is 0 Å². The average Bonchev–Trinajstić information content (AvgIpc) is 2.98. The van der Waals surface area contributed by atoms with Crippen molar-refractivity contribution in [2.75, 3.05) is 0 Å². The molecular formula is C38H44CoN2O6. The quantitative estimate of drug-likeness (QED) is 0.184. The summed E-state index contributed by atoms with van der Waals surface area (Å²) in [5.74, 6) is -0.485. The van der Waals surface area contributed by atoms with E-state index in [1.54, 1.807) is 24.6 Å². The molecule has 0 bridgehead atoms. The van der Waals surface area contributed by atoms with Gasteiger partial charge >= 0.3 is 16.8 Å². The van der Waals surface area contributed by atoms with Gasteiger partial charge in [-0.25, -0.2) is 0 Å². The molecule has 4 aromatic carbocycles. The number of rotatable bonds is 10. The first kappa shape index (κ1) is 40.6. The number of carbonyl (C=O) groups is 2. The van der Waals surface area contributed by atoms with Crippen LogP contribution < -0.4 is 10.2 Å². The molecule has 251 valence electrons. The molecule has 0 aromatic heterocycles. The summed E-state index contributed by atoms with van der Waals surface area (Å²) in [6.45, 7) is 10.8. The van der Waals surface area contributed by atoms with E-state index in [1.807, 2.05) is 60.7 Å². The summed E-state index contributed by atoms with van der Waals surface area (Å²) in [7, 11) is 0. The molecule has 9 heteroatoms. The fraction of sp³-hybridized carbons (Fsp3) is 0.316. The van der Waals surface area contributed by atoms with Crippen molar-refractivity contribution >= 4 is 46.5 Å². The van der Waals surface area contributed by atoms with E-state index in [4.69, 9.17) is 29.8 Å². The van der Waals surface area contributed by atoms with Gasteiger partial charge in [0.15, 0.2) is 0 Å². The van der Waals surface area contributed by atoms with E-state index in [-0.39, 0.29) is 28.3 Å². The number of carboxylic acids is 2. The van der Waals surface area contributed by atoms with E-state index >= 15 is 0 Å². The normalized spacial score (nSPS) is 10.8. The zero-order valence-corrected chi connectivity index (χ0v) is 28.9. The zero-order valence-electron chi connectivity index (χ0n) is 27.8. The van der Waals surface area contributed by atoms with Gasteiger partial charge in [0.25, 0.3) is 0 Å². The predicted molar refractivity (Wildman–Crippen MR) is 182 cm³/mol. The number of aliphatic imine (C=N–C) groups is 2. The van der Waals surface area contributed by atoms with Crippen LogP contribution in [-0.4, -0.2) is 34.6 Å². The number of benzene rings is 4. The number of aromatic hydroxyl groups is 2. The Labute approximate surface area is 288 Å². The van der Waals surface area contributed by atoms with E-state index in [0.717, 1.165) is 61.7 Å². The summed E-state index contributed by atoms with van der Waals surface area (Å²) >= 11 is 0. The van der Waals surface area contributed by atoms with Gasteiger partial charge in [-0.15, -0.1) is 0 Å². The summed E-state index contributed by atoms with van der Waals surface area (Å²) in [6, 6.07) is 23.4. The van der Waals surface area contributed by atoms with Crippen LogP contribution in [0.5, 0.6) is 11.5 Å². The molecule has 0 unspecified atom stereocenters. The van der Waals surface area contributed by atoms with Crippen LogP contribution in [-0.2, 0) is 39.2 Å². The number of nitrogens with zero attached hydrogens (tertiary/aromatic N) is 2. The molecular weight excluding hydrogens is 639 g/mol. The summed E-state index contributed by atoms with van der Waals surface area (Å²) in [6.07, 6.45) is 7.60. The Hall–Kier alpha value is -4.47. The molecule has 0 fully saturated rings. The molecule has 0 amide bonds. The van der Waals surface area contributed by atoms with Gasteiger partial charge < -0.3 is 30.0 Å². The standard InChI is InChI=1S/C34H38N2O2.2C2H4O2.Co/c1-23(2)11-13-25-15-17-32(37)28(19-25)21-35-30-9-5-7-27-8-6-10-31(34(27)30)36-22-29-20-26(14-12-24(3)4)16-18-33(29)38;2*1-2(3)4;/h5-10,15-24,37-38H,11-14H2,1-4H3;2*1H3,(H,3,4);/q;;;+2/p-2. The average molecular weight is 684 g/mol. The van der Waals surface area contributed by atoms with Crippen LogP contribution >= 0.6 is 0 Å². The molecule has 1 radical (unpaired) electrons. The fourth-order valence-electron chi connectivity index (χ4n) is 4.43. The van der Waals surface area contributed by atoms with Crippen molar-refractivity contribution in [2.45, 2.75) is 67.2 Å². The van der Waals surface area contributed by atoms with Gasteiger partial charge in [0.1, 0.15) is 11.5 Å². The number of phenols is 2. The largest absolute Gasteiger partial charge is 2.00 e. The topological polar surface area (TPSA) is 145 Å². The Kier molecular flexibility index (Phi) is 17.8. The number of aryl methyl sites for hydroxylation is 2. The maximum Gasteiger partial charge on any atom is 2.00 e. The summed E-state index contributed by atoms with van der Waals surface area (Å²) in [4.78, 5) is 27.3. The van der Waals surface area contributed by atoms with Gasteiger partial charge in [0.05, 0.1) is 11.4 Å². The smallest absolute Gasteiger partial charge is 0.550 e. The number of phenolic OH excluding ortho intramolecular Hbond substituents is 2. The number of aliphatic carboxylic acids is 2. The minimum absolute atomic E-state index is 0. The van der Waals surface area contributed by atoms with Crippen LogP contribution in [0.4, 0.5) is 11.4 Å². The SMILES string of the molecule is CC(=O)[O-].CC(=O)[O-].CC(C)CCc1ccc(O)c(C=Nc2cccc3cccc(N=Cc4cc(CCC(C)C)ccc4O)c23)c1.[Co+2]. The molecule has 0 heterocycles. The van der Waals surface area contributed by atoms with E-state index in [2.05, 4.69) is 27.7 Å². The molecule has 4 rings (SSSR count). The van der Waals surface area contributed by atoms with Crippen molar-refractivity contribution in [3.05, 3.63) is 95.1 Å². The third-order valence-corrected chi connectivity index (χ3v) is 6.75. The Morgan fingerprint density at radius 3 is 1.38 bits per heavy atom. The number of carbonyl (C=O) groups excluding carboxylic acids is 2. The van der Waals surface area contributed by atoms with Gasteiger partial charge in [-0.1, -0.05) is 64.1 Å². The molecule has 0 saturated carbocycles. The van der Waals surface area contributed by atoms with Crippen LogP contribution in [0.25, 0.3) is 10.8 Å². The molecule has 8 nitrogen and oxygen atoms in total. The van der Waals surface area contributed by atoms with Crippen LogP contribution in [0.3, 0.4) is 0 Å². The molecule has 0 aliphatic heterocycles. The second kappa shape index (κ2) is 20.6. The van der Waals surface area contributed by atoms with Gasteiger partial charge in [0.2, 0.25) is 0 Å². The predicted octanol–water partition coefficient (Wildman–Crippen LogP) is 6.44. The number of fused-ring (bicyclic) bond motifs is 1. The second-order valence-corrected chi connectivity index (χ2v) is 11.8. The van der Waals surface area contributed by atoms with Crippen LogP contribution in [0.2, 0.25) is 0 Å². The Morgan fingerprint density at radius 1 is 0.681 bits per heavy atom. The van der Waals surface area contributed by atoms with E-state index in [0.29, 0.717) is 23.0 Å². The molecule has 2 N–H and O–H groups in total. The number of hydrogen-bond acceptors (Lipinski definition) is 8. The minimum atomic E-state index is -1.08. The molecule has 0 saturated heterocycles. The summed E-state index contributed by atoms with van der Waals surface area (Å²) < 4.78 is 0. The van der Waals surface area contributed by atoms with Crippen molar-refractivity contribution in [2.24, 2.45) is 21.8 Å². The third kappa shape index (κ3) is 15.1. The second-order valence-electron chi connectivity index (χ2n) is 11.8. The first-order valence-corrected chi connectivity index (χ1v) is 15.4. The van der Waals surface area contributed by atoms with Gasteiger partial charge in [0, 0.05) is 40.9 Å². The Balaban J connectivity index is 0.00000110. The van der Waals surface area contributed by atoms with Crippen molar-refractivity contribution in [1.29, 1.82) is 0 Å². The first-order valence-electron chi connectivity index (χ1n) is 15.4. The summed E-state index contributed by atoms with van der Waals surface area (Å²) in [5, 5.41) is 40.6. The Bertz CT molecular complexity index is 1540. The molecule has 47 heavy (non-hydrogen) atoms.